The first-order valence-corrected chi connectivity index (χ1v) is 10.6. The fraction of sp³-hybridized carbons (Fsp3) is 0.231. The lowest BCUT2D eigenvalue weighted by atomic mass is 10.1. The maximum Gasteiger partial charge on any atom is 0.268 e. The van der Waals surface area contributed by atoms with Gasteiger partial charge in [0, 0.05) is 18.8 Å². The van der Waals surface area contributed by atoms with E-state index in [-0.39, 0.29) is 17.2 Å². The third-order valence-corrected chi connectivity index (χ3v) is 5.17. The molecule has 178 valence electrons. The maximum atomic E-state index is 13.2. The van der Waals surface area contributed by atoms with E-state index in [2.05, 4.69) is 5.32 Å². The number of carbonyl (C=O) groups excluding carboxylic acids is 1. The molecule has 0 aliphatic rings. The topological polar surface area (TPSA) is 88.0 Å². The number of amides is 1. The summed E-state index contributed by atoms with van der Waals surface area (Å²) in [6.07, 6.45) is 3.76. The number of benzene rings is 2. The summed E-state index contributed by atoms with van der Waals surface area (Å²) in [6.45, 7) is 0.360. The van der Waals surface area contributed by atoms with Crippen molar-refractivity contribution in [2.75, 3.05) is 35.0 Å². The summed E-state index contributed by atoms with van der Waals surface area (Å²) < 4.78 is 22.5. The molecule has 0 radical (unpaired) electrons. The molecule has 34 heavy (non-hydrogen) atoms. The standard InChI is InChI=1S/C26H28N2O6/c1-31-21-10-8-18(16-23(21)33-3)12-13-27-26(30)20(28-14-6-5-7-25(28)29)15-19-9-11-22(32-2)24(17-19)34-4/h5-11,14-17H,12-13H2,1-4H3,(H,27,30)/b20-15+. The van der Waals surface area contributed by atoms with Crippen molar-refractivity contribution < 1.29 is 23.7 Å². The Balaban J connectivity index is 1.84. The van der Waals surface area contributed by atoms with E-state index in [9.17, 15) is 9.59 Å². The van der Waals surface area contributed by atoms with E-state index in [0.717, 1.165) is 5.56 Å². The van der Waals surface area contributed by atoms with Crippen molar-refractivity contribution in [1.82, 2.24) is 9.88 Å². The Morgan fingerprint density at radius 1 is 0.853 bits per heavy atom. The van der Waals surface area contributed by atoms with E-state index < -0.39 is 0 Å². The molecule has 3 rings (SSSR count). The smallest absolute Gasteiger partial charge is 0.268 e. The Morgan fingerprint density at radius 3 is 2.15 bits per heavy atom. The van der Waals surface area contributed by atoms with Gasteiger partial charge < -0.3 is 24.3 Å². The van der Waals surface area contributed by atoms with Crippen LogP contribution in [0.5, 0.6) is 23.0 Å². The van der Waals surface area contributed by atoms with Crippen LogP contribution in [0, 0.1) is 0 Å². The molecule has 0 bridgehead atoms. The lowest BCUT2D eigenvalue weighted by Crippen LogP contribution is -2.32. The molecule has 1 aromatic heterocycles. The van der Waals surface area contributed by atoms with Gasteiger partial charge in [0.1, 0.15) is 5.70 Å². The molecule has 0 fully saturated rings. The Bertz CT molecular complexity index is 1230. The Hall–Kier alpha value is -4.20. The number of pyridine rings is 1. The summed E-state index contributed by atoms with van der Waals surface area (Å²) in [5.41, 5.74) is 1.52. The second-order valence-corrected chi connectivity index (χ2v) is 7.25. The molecule has 0 atom stereocenters. The summed E-state index contributed by atoms with van der Waals surface area (Å²) in [5, 5.41) is 2.90. The Labute approximate surface area is 198 Å². The van der Waals surface area contributed by atoms with Crippen molar-refractivity contribution in [2.24, 2.45) is 0 Å². The number of ether oxygens (including phenoxy) is 4. The highest BCUT2D eigenvalue weighted by atomic mass is 16.5. The molecular weight excluding hydrogens is 436 g/mol. The quantitative estimate of drug-likeness (QED) is 0.464. The number of nitrogens with zero attached hydrogens (tertiary/aromatic N) is 1. The minimum atomic E-state index is -0.386. The summed E-state index contributed by atoms with van der Waals surface area (Å²) in [4.78, 5) is 25.6. The number of methoxy groups -OCH3 is 4. The number of rotatable bonds is 10. The van der Waals surface area contributed by atoms with E-state index >= 15 is 0 Å². The predicted octanol–water partition coefficient (Wildman–Crippen LogP) is 3.24. The molecule has 1 N–H and O–H groups in total. The molecule has 1 amide bonds. The zero-order chi connectivity index (χ0) is 24.5. The van der Waals surface area contributed by atoms with Gasteiger partial charge in [-0.2, -0.15) is 0 Å². The van der Waals surface area contributed by atoms with Crippen LogP contribution >= 0.6 is 0 Å². The van der Waals surface area contributed by atoms with Gasteiger partial charge in [0.15, 0.2) is 23.0 Å². The van der Waals surface area contributed by atoms with Crippen LogP contribution in [0.1, 0.15) is 11.1 Å². The normalized spacial score (nSPS) is 11.0. The van der Waals surface area contributed by atoms with Gasteiger partial charge in [0.2, 0.25) is 0 Å². The van der Waals surface area contributed by atoms with Crippen LogP contribution < -0.4 is 29.8 Å². The molecule has 3 aromatic rings. The van der Waals surface area contributed by atoms with Crippen molar-refractivity contribution >= 4 is 17.7 Å². The molecule has 0 saturated carbocycles. The number of hydrogen-bond donors (Lipinski definition) is 1. The van der Waals surface area contributed by atoms with Gasteiger partial charge in [-0.25, -0.2) is 0 Å². The second-order valence-electron chi connectivity index (χ2n) is 7.25. The van der Waals surface area contributed by atoms with Crippen LogP contribution in [0.25, 0.3) is 11.8 Å². The lowest BCUT2D eigenvalue weighted by molar-refractivity contribution is -0.115. The predicted molar refractivity (Wildman–Crippen MR) is 131 cm³/mol. The van der Waals surface area contributed by atoms with E-state index in [1.807, 2.05) is 18.2 Å². The van der Waals surface area contributed by atoms with E-state index in [4.69, 9.17) is 18.9 Å². The minimum Gasteiger partial charge on any atom is -0.493 e. The summed E-state index contributed by atoms with van der Waals surface area (Å²) in [6, 6.07) is 15.6. The van der Waals surface area contributed by atoms with Gasteiger partial charge in [-0.1, -0.05) is 18.2 Å². The van der Waals surface area contributed by atoms with Crippen molar-refractivity contribution in [1.29, 1.82) is 0 Å². The van der Waals surface area contributed by atoms with Gasteiger partial charge >= 0.3 is 0 Å². The van der Waals surface area contributed by atoms with Crippen LogP contribution in [0.15, 0.2) is 65.6 Å². The first-order chi connectivity index (χ1) is 16.5. The van der Waals surface area contributed by atoms with Crippen molar-refractivity contribution in [3.63, 3.8) is 0 Å². The zero-order valence-electron chi connectivity index (χ0n) is 19.7. The van der Waals surface area contributed by atoms with Crippen LogP contribution in [0.4, 0.5) is 0 Å². The average molecular weight is 465 g/mol. The molecule has 0 aliphatic carbocycles. The van der Waals surface area contributed by atoms with E-state index in [1.165, 1.54) is 17.7 Å². The van der Waals surface area contributed by atoms with Crippen molar-refractivity contribution in [3.05, 3.63) is 82.3 Å². The fourth-order valence-electron chi connectivity index (χ4n) is 3.42. The Kier molecular flexibility index (Phi) is 8.34. The number of aromatic nitrogens is 1. The van der Waals surface area contributed by atoms with Crippen molar-refractivity contribution in [3.8, 4) is 23.0 Å². The first-order valence-electron chi connectivity index (χ1n) is 10.6. The minimum absolute atomic E-state index is 0.185. The van der Waals surface area contributed by atoms with E-state index in [1.54, 1.807) is 63.9 Å². The molecule has 2 aromatic carbocycles. The lowest BCUT2D eigenvalue weighted by Gasteiger charge is -2.13. The molecular formula is C26H28N2O6. The van der Waals surface area contributed by atoms with Gasteiger partial charge in [0.25, 0.3) is 11.5 Å². The van der Waals surface area contributed by atoms with Crippen LogP contribution in [-0.4, -0.2) is 45.5 Å². The molecule has 8 heteroatoms. The highest BCUT2D eigenvalue weighted by Gasteiger charge is 2.14. The van der Waals surface area contributed by atoms with Gasteiger partial charge in [0.05, 0.1) is 28.4 Å². The molecule has 0 unspecified atom stereocenters. The number of nitrogens with one attached hydrogen (secondary N) is 1. The largest absolute Gasteiger partial charge is 0.493 e. The van der Waals surface area contributed by atoms with Gasteiger partial charge in [-0.3, -0.25) is 14.2 Å². The molecule has 8 nitrogen and oxygen atoms in total. The van der Waals surface area contributed by atoms with Crippen LogP contribution in [0.3, 0.4) is 0 Å². The SMILES string of the molecule is COc1ccc(/C=C(\C(=O)NCCc2ccc(OC)c(OC)c2)n2ccccc2=O)cc1OC. The number of carbonyl (C=O) groups is 1. The fourth-order valence-corrected chi connectivity index (χ4v) is 3.42. The molecule has 1 heterocycles. The molecule has 0 saturated heterocycles. The second kappa shape index (κ2) is 11.6. The number of hydrogen-bond acceptors (Lipinski definition) is 6. The van der Waals surface area contributed by atoms with Gasteiger partial charge in [-0.05, 0) is 54.0 Å². The zero-order valence-corrected chi connectivity index (χ0v) is 19.7. The Morgan fingerprint density at radius 2 is 1.50 bits per heavy atom. The van der Waals surface area contributed by atoms with Crippen LogP contribution in [0.2, 0.25) is 0 Å². The third kappa shape index (κ3) is 5.78. The van der Waals surface area contributed by atoms with Gasteiger partial charge in [-0.15, -0.1) is 0 Å². The summed E-state index contributed by atoms with van der Waals surface area (Å²) >= 11 is 0. The monoisotopic (exact) mass is 464 g/mol. The molecule has 0 aliphatic heterocycles. The third-order valence-electron chi connectivity index (χ3n) is 5.17. The first kappa shape index (κ1) is 24.4. The average Bonchev–Trinajstić information content (AvgIpc) is 2.87. The van der Waals surface area contributed by atoms with E-state index in [0.29, 0.717) is 41.5 Å². The van der Waals surface area contributed by atoms with Crippen LogP contribution in [-0.2, 0) is 11.2 Å². The van der Waals surface area contributed by atoms with Crippen molar-refractivity contribution in [2.45, 2.75) is 6.42 Å². The summed E-state index contributed by atoms with van der Waals surface area (Å²) in [5.74, 6) is 1.96. The molecule has 0 spiro atoms. The highest BCUT2D eigenvalue weighted by Crippen LogP contribution is 2.29. The maximum absolute atomic E-state index is 13.2. The summed E-state index contributed by atoms with van der Waals surface area (Å²) in [7, 11) is 6.24. The highest BCUT2D eigenvalue weighted by molar-refractivity contribution is 6.18.